The van der Waals surface area contributed by atoms with E-state index in [0.29, 0.717) is 36.4 Å². The normalized spacial score (nSPS) is 14.2. The molecule has 1 aromatic carbocycles. The number of hydrogen-bond donors (Lipinski definition) is 1. The van der Waals surface area contributed by atoms with Crippen molar-refractivity contribution in [2.45, 2.75) is 71.9 Å². The Morgan fingerprint density at radius 2 is 1.90 bits per heavy atom. The number of esters is 1. The van der Waals surface area contributed by atoms with Crippen molar-refractivity contribution in [3.63, 3.8) is 0 Å². The number of anilines is 2. The lowest BCUT2D eigenvalue weighted by molar-refractivity contribution is -0.144. The maximum Gasteiger partial charge on any atom is 0.413 e. The predicted octanol–water partition coefficient (Wildman–Crippen LogP) is 4.59. The lowest BCUT2D eigenvalue weighted by atomic mass is 10.0. The number of aryl methyl sites for hydroxylation is 1. The molecule has 0 spiro atoms. The van der Waals surface area contributed by atoms with Crippen molar-refractivity contribution < 1.29 is 33.4 Å². The molecule has 11 nitrogen and oxygen atoms in total. The van der Waals surface area contributed by atoms with Gasteiger partial charge in [0.1, 0.15) is 12.1 Å². The van der Waals surface area contributed by atoms with Crippen LogP contribution in [-0.4, -0.2) is 72.2 Å². The number of likely N-dealkylation sites (N-methyl/N-ethyl adjacent to an activating group) is 1. The molecule has 2 aromatic rings. The predicted molar refractivity (Wildman–Crippen MR) is 154 cm³/mol. The van der Waals surface area contributed by atoms with Crippen molar-refractivity contribution in [1.82, 2.24) is 9.88 Å². The fourth-order valence-corrected chi connectivity index (χ4v) is 4.36. The number of unbranched alkanes of at least 4 members (excludes halogenated alkanes) is 1. The largest absolute Gasteiger partial charge is 0.490 e. The molecule has 3 rings (SSSR count). The number of carbonyl (C=O) groups excluding carboxylic acids is 4. The first-order valence-corrected chi connectivity index (χ1v) is 13.8. The van der Waals surface area contributed by atoms with E-state index in [1.807, 2.05) is 12.1 Å². The summed E-state index contributed by atoms with van der Waals surface area (Å²) in [5.41, 5.74) is 1.28. The molecule has 1 aromatic heterocycles. The van der Waals surface area contributed by atoms with E-state index >= 15 is 0 Å². The van der Waals surface area contributed by atoms with E-state index < -0.39 is 23.7 Å². The monoisotopic (exact) mass is 568 g/mol. The van der Waals surface area contributed by atoms with Gasteiger partial charge in [-0.2, -0.15) is 0 Å². The average Bonchev–Trinajstić information content (AvgIpc) is 2.98. The summed E-state index contributed by atoms with van der Waals surface area (Å²) in [6.45, 7) is 9.35. The van der Waals surface area contributed by atoms with Crippen LogP contribution in [-0.2, 0) is 25.5 Å². The lowest BCUT2D eigenvalue weighted by Crippen LogP contribution is -2.44. The zero-order valence-corrected chi connectivity index (χ0v) is 24.7. The molecule has 0 saturated carbocycles. The molecule has 3 amide bonds. The molecule has 1 aliphatic heterocycles. The number of hydrogen-bond acceptors (Lipinski definition) is 8. The number of fused-ring (bicyclic) bond motifs is 1. The van der Waals surface area contributed by atoms with Gasteiger partial charge < -0.3 is 24.0 Å². The van der Waals surface area contributed by atoms with E-state index in [4.69, 9.17) is 14.2 Å². The number of aromatic nitrogens is 1. The first-order chi connectivity index (χ1) is 19.4. The Labute approximate surface area is 241 Å². The Bertz CT molecular complexity index is 1260. The molecule has 0 saturated heterocycles. The van der Waals surface area contributed by atoms with Gasteiger partial charge in [-0.25, -0.2) is 9.78 Å². The minimum absolute atomic E-state index is 0.0114. The third-order valence-corrected chi connectivity index (χ3v) is 6.40. The molecule has 1 aliphatic rings. The van der Waals surface area contributed by atoms with Gasteiger partial charge in [0.05, 0.1) is 30.9 Å². The van der Waals surface area contributed by atoms with Crippen LogP contribution in [0.15, 0.2) is 36.5 Å². The van der Waals surface area contributed by atoms with Crippen LogP contribution in [0.2, 0.25) is 0 Å². The number of carbonyl (C=O) groups is 4. The maximum absolute atomic E-state index is 13.5. The number of nitrogens with one attached hydrogen (secondary N) is 1. The lowest BCUT2D eigenvalue weighted by Gasteiger charge is -2.26. The standard InChI is InChI=1S/C30H40N4O7/c1-7-39-26(36)17-20(2)34-19-25(35)33(6)23-14-13-21(18-22(23)28(34)37)11-8-9-16-40-24-12-10-15-31-27(24)32-29(38)41-30(3,4)5/h10,12-15,18,20H,7-9,11,16-17,19H2,1-6H3,(H,31,32,38). The molecule has 2 heterocycles. The van der Waals surface area contributed by atoms with E-state index in [1.54, 1.807) is 66.1 Å². The number of amides is 3. The van der Waals surface area contributed by atoms with Crippen LogP contribution >= 0.6 is 0 Å². The molecular formula is C30H40N4O7. The Morgan fingerprint density at radius 3 is 2.61 bits per heavy atom. The van der Waals surface area contributed by atoms with Crippen LogP contribution in [0.5, 0.6) is 5.75 Å². The van der Waals surface area contributed by atoms with E-state index in [1.165, 1.54) is 9.80 Å². The van der Waals surface area contributed by atoms with Crippen molar-refractivity contribution >= 4 is 35.4 Å². The quantitative estimate of drug-likeness (QED) is 0.308. The van der Waals surface area contributed by atoms with Gasteiger partial charge in [0.2, 0.25) is 5.91 Å². The van der Waals surface area contributed by atoms with Gasteiger partial charge in [-0.15, -0.1) is 0 Å². The summed E-state index contributed by atoms with van der Waals surface area (Å²) >= 11 is 0. The fraction of sp³-hybridized carbons (Fsp3) is 0.500. The van der Waals surface area contributed by atoms with Gasteiger partial charge in [-0.3, -0.25) is 19.7 Å². The minimum Gasteiger partial charge on any atom is -0.490 e. The van der Waals surface area contributed by atoms with Gasteiger partial charge in [-0.1, -0.05) is 6.07 Å². The van der Waals surface area contributed by atoms with E-state index in [9.17, 15) is 19.2 Å². The number of benzene rings is 1. The highest BCUT2D eigenvalue weighted by Crippen LogP contribution is 2.28. The highest BCUT2D eigenvalue weighted by Gasteiger charge is 2.33. The van der Waals surface area contributed by atoms with Crippen molar-refractivity contribution in [1.29, 1.82) is 0 Å². The van der Waals surface area contributed by atoms with Gasteiger partial charge in [0.25, 0.3) is 5.91 Å². The minimum atomic E-state index is -0.634. The zero-order valence-electron chi connectivity index (χ0n) is 24.7. The molecule has 41 heavy (non-hydrogen) atoms. The molecule has 1 unspecified atom stereocenters. The molecule has 1 N–H and O–H groups in total. The molecular weight excluding hydrogens is 528 g/mol. The molecule has 0 fully saturated rings. The van der Waals surface area contributed by atoms with Gasteiger partial charge in [0, 0.05) is 19.3 Å². The fourth-order valence-electron chi connectivity index (χ4n) is 4.36. The zero-order chi connectivity index (χ0) is 30.2. The summed E-state index contributed by atoms with van der Waals surface area (Å²) in [7, 11) is 1.65. The van der Waals surface area contributed by atoms with Crippen LogP contribution < -0.4 is 15.0 Å². The second-order valence-electron chi connectivity index (χ2n) is 10.9. The Hall–Kier alpha value is -4.15. The van der Waals surface area contributed by atoms with E-state index in [0.717, 1.165) is 12.0 Å². The third kappa shape index (κ3) is 8.92. The van der Waals surface area contributed by atoms with Crippen LogP contribution in [0.1, 0.15) is 69.8 Å². The Kier molecular flexibility index (Phi) is 10.7. The summed E-state index contributed by atoms with van der Waals surface area (Å²) in [5.74, 6) is -0.201. The second-order valence-corrected chi connectivity index (χ2v) is 10.9. The van der Waals surface area contributed by atoms with Crippen molar-refractivity contribution in [2.75, 3.05) is 37.0 Å². The second kappa shape index (κ2) is 14.0. The third-order valence-electron chi connectivity index (χ3n) is 6.40. The number of nitrogens with zero attached hydrogens (tertiary/aromatic N) is 3. The first kappa shape index (κ1) is 31.4. The molecule has 222 valence electrons. The van der Waals surface area contributed by atoms with Gasteiger partial charge in [-0.05, 0) is 83.7 Å². The Morgan fingerprint density at radius 1 is 1.15 bits per heavy atom. The molecule has 0 radical (unpaired) electrons. The molecule has 0 bridgehead atoms. The topological polar surface area (TPSA) is 127 Å². The summed E-state index contributed by atoms with van der Waals surface area (Å²) in [6, 6.07) is 8.49. The van der Waals surface area contributed by atoms with Crippen molar-refractivity contribution in [3.8, 4) is 5.75 Å². The van der Waals surface area contributed by atoms with Crippen molar-refractivity contribution in [3.05, 3.63) is 47.7 Å². The maximum atomic E-state index is 13.5. The molecule has 11 heteroatoms. The average molecular weight is 569 g/mol. The molecule has 0 aliphatic carbocycles. The highest BCUT2D eigenvalue weighted by molar-refractivity contribution is 6.09. The van der Waals surface area contributed by atoms with Gasteiger partial charge in [0.15, 0.2) is 11.6 Å². The summed E-state index contributed by atoms with van der Waals surface area (Å²) in [4.78, 5) is 57.6. The van der Waals surface area contributed by atoms with Gasteiger partial charge >= 0.3 is 12.1 Å². The van der Waals surface area contributed by atoms with Crippen LogP contribution in [0.4, 0.5) is 16.3 Å². The number of ether oxygens (including phenoxy) is 3. The first-order valence-electron chi connectivity index (χ1n) is 13.8. The van der Waals surface area contributed by atoms with Crippen LogP contribution in [0, 0.1) is 0 Å². The smallest absolute Gasteiger partial charge is 0.413 e. The number of rotatable bonds is 11. The van der Waals surface area contributed by atoms with Crippen molar-refractivity contribution in [2.24, 2.45) is 0 Å². The SMILES string of the molecule is CCOC(=O)CC(C)N1CC(=O)N(C)c2ccc(CCCCOc3cccnc3NC(=O)OC(C)(C)C)cc2C1=O. The van der Waals surface area contributed by atoms with Crippen LogP contribution in [0.25, 0.3) is 0 Å². The van der Waals surface area contributed by atoms with E-state index in [-0.39, 0.29) is 37.2 Å². The van der Waals surface area contributed by atoms with E-state index in [2.05, 4.69) is 10.3 Å². The Balaban J connectivity index is 1.60. The van der Waals surface area contributed by atoms with Crippen LogP contribution in [0.3, 0.4) is 0 Å². The summed E-state index contributed by atoms with van der Waals surface area (Å²) in [5, 5.41) is 2.62. The highest BCUT2D eigenvalue weighted by atomic mass is 16.6. The summed E-state index contributed by atoms with van der Waals surface area (Å²) in [6.07, 6.45) is 3.14. The molecule has 1 atom stereocenters. The summed E-state index contributed by atoms with van der Waals surface area (Å²) < 4.78 is 16.2. The number of pyridine rings is 1.